The highest BCUT2D eigenvalue weighted by atomic mass is 16.5. The van der Waals surface area contributed by atoms with Gasteiger partial charge in [0.2, 0.25) is 6.08 Å². The van der Waals surface area contributed by atoms with Crippen molar-refractivity contribution in [3.05, 3.63) is 35.9 Å². The van der Waals surface area contributed by atoms with Gasteiger partial charge in [-0.3, -0.25) is 0 Å². The third-order valence-electron chi connectivity index (χ3n) is 2.28. The summed E-state index contributed by atoms with van der Waals surface area (Å²) in [6.07, 6.45) is 0.722. The van der Waals surface area contributed by atoms with E-state index in [1.54, 1.807) is 0 Å². The first-order chi connectivity index (χ1) is 8.58. The first-order valence-corrected chi connectivity index (χ1v) is 5.25. The minimum Gasteiger partial charge on any atom is -0.478 e. The zero-order valence-corrected chi connectivity index (χ0v) is 9.57. The molecule has 1 atom stereocenters. The van der Waals surface area contributed by atoms with Gasteiger partial charge in [0.25, 0.3) is 5.72 Å². The van der Waals surface area contributed by atoms with E-state index in [4.69, 9.17) is 9.84 Å². The van der Waals surface area contributed by atoms with Crippen LogP contribution in [-0.2, 0) is 20.9 Å². The average Bonchev–Trinajstić information content (AvgIpc) is 2.36. The van der Waals surface area contributed by atoms with Crippen molar-refractivity contribution < 1.29 is 24.5 Å². The molecule has 0 fully saturated rings. The number of aliphatic carboxylic acids is 1. The molecule has 0 aromatic heterocycles. The summed E-state index contributed by atoms with van der Waals surface area (Å²) in [6.45, 7) is 0.254. The van der Waals surface area contributed by atoms with Gasteiger partial charge in [-0.2, -0.15) is 4.99 Å². The minimum atomic E-state index is -2.46. The van der Waals surface area contributed by atoms with Gasteiger partial charge in [0.1, 0.15) is 0 Å². The Balaban J connectivity index is 2.41. The number of benzene rings is 1. The number of carbonyl (C=O) groups excluding carboxylic acids is 1. The van der Waals surface area contributed by atoms with Crippen LogP contribution in [-0.4, -0.2) is 34.6 Å². The summed E-state index contributed by atoms with van der Waals surface area (Å²) in [5.74, 6) is -1.60. The minimum absolute atomic E-state index is 0.0388. The van der Waals surface area contributed by atoms with Crippen LogP contribution in [0.3, 0.4) is 0 Å². The van der Waals surface area contributed by atoms with Gasteiger partial charge in [0.05, 0.1) is 13.2 Å². The van der Waals surface area contributed by atoms with Crippen molar-refractivity contribution in [2.45, 2.75) is 18.8 Å². The SMILES string of the molecule is O=C=NC(O)(CCOCc1ccccc1)C(=O)O. The Bertz CT molecular complexity index is 437. The molecular formula is C12H13NO5. The Morgan fingerprint density at radius 3 is 2.61 bits per heavy atom. The molecule has 0 aliphatic carbocycles. The molecular weight excluding hydrogens is 238 g/mol. The molecule has 1 aromatic carbocycles. The van der Waals surface area contributed by atoms with Gasteiger partial charge in [-0.05, 0) is 5.56 Å². The molecule has 1 rings (SSSR count). The lowest BCUT2D eigenvalue weighted by molar-refractivity contribution is -0.159. The van der Waals surface area contributed by atoms with E-state index in [9.17, 15) is 14.7 Å². The van der Waals surface area contributed by atoms with Crippen LogP contribution < -0.4 is 0 Å². The Hall–Kier alpha value is -2.01. The first-order valence-electron chi connectivity index (χ1n) is 5.25. The molecule has 0 saturated heterocycles. The molecule has 0 aliphatic heterocycles. The van der Waals surface area contributed by atoms with E-state index in [1.807, 2.05) is 30.3 Å². The smallest absolute Gasteiger partial charge is 0.360 e. The van der Waals surface area contributed by atoms with E-state index in [-0.39, 0.29) is 13.0 Å². The van der Waals surface area contributed by atoms with Gasteiger partial charge in [0.15, 0.2) is 0 Å². The molecule has 96 valence electrons. The fraction of sp³-hybridized carbons (Fsp3) is 0.333. The monoisotopic (exact) mass is 251 g/mol. The second kappa shape index (κ2) is 6.66. The zero-order chi connectivity index (χ0) is 13.4. The number of rotatable bonds is 7. The zero-order valence-electron chi connectivity index (χ0n) is 9.57. The summed E-state index contributed by atoms with van der Waals surface area (Å²) in [7, 11) is 0. The molecule has 6 nitrogen and oxygen atoms in total. The van der Waals surface area contributed by atoms with E-state index in [2.05, 4.69) is 4.99 Å². The highest BCUT2D eigenvalue weighted by molar-refractivity contribution is 5.77. The van der Waals surface area contributed by atoms with Crippen LogP contribution in [0, 0.1) is 0 Å². The Morgan fingerprint density at radius 1 is 1.39 bits per heavy atom. The van der Waals surface area contributed by atoms with Gasteiger partial charge in [-0.25, -0.2) is 9.59 Å². The first kappa shape index (κ1) is 14.1. The lowest BCUT2D eigenvalue weighted by Crippen LogP contribution is -2.37. The number of hydrogen-bond donors (Lipinski definition) is 2. The lowest BCUT2D eigenvalue weighted by Gasteiger charge is -2.16. The highest BCUT2D eigenvalue weighted by Gasteiger charge is 2.35. The van der Waals surface area contributed by atoms with E-state index in [0.717, 1.165) is 11.6 Å². The van der Waals surface area contributed by atoms with Gasteiger partial charge < -0.3 is 14.9 Å². The number of hydrogen-bond acceptors (Lipinski definition) is 5. The lowest BCUT2D eigenvalue weighted by atomic mass is 10.1. The highest BCUT2D eigenvalue weighted by Crippen LogP contribution is 2.12. The molecule has 0 bridgehead atoms. The summed E-state index contributed by atoms with van der Waals surface area (Å²) in [5, 5.41) is 18.2. The fourth-order valence-electron chi connectivity index (χ4n) is 1.26. The molecule has 1 unspecified atom stereocenters. The fourth-order valence-corrected chi connectivity index (χ4v) is 1.26. The van der Waals surface area contributed by atoms with Crippen molar-refractivity contribution in [2.24, 2.45) is 4.99 Å². The molecule has 0 spiro atoms. The molecule has 1 aromatic rings. The molecule has 0 radical (unpaired) electrons. The van der Waals surface area contributed by atoms with Crippen molar-refractivity contribution in [1.29, 1.82) is 0 Å². The molecule has 0 heterocycles. The molecule has 0 amide bonds. The molecule has 0 aliphatic rings. The number of carboxylic acid groups (broad SMARTS) is 1. The summed E-state index contributed by atoms with van der Waals surface area (Å²) in [6, 6.07) is 9.28. The van der Waals surface area contributed by atoms with Crippen LogP contribution in [0.1, 0.15) is 12.0 Å². The van der Waals surface area contributed by atoms with E-state index < -0.39 is 11.7 Å². The molecule has 2 N–H and O–H groups in total. The van der Waals surface area contributed by atoms with Crippen LogP contribution in [0.5, 0.6) is 0 Å². The summed E-state index contributed by atoms with van der Waals surface area (Å²) < 4.78 is 5.20. The van der Waals surface area contributed by atoms with E-state index in [0.29, 0.717) is 6.61 Å². The molecule has 18 heavy (non-hydrogen) atoms. The van der Waals surface area contributed by atoms with Crippen LogP contribution in [0.2, 0.25) is 0 Å². The van der Waals surface area contributed by atoms with E-state index >= 15 is 0 Å². The maximum Gasteiger partial charge on any atom is 0.360 e. The maximum atomic E-state index is 10.7. The van der Waals surface area contributed by atoms with Crippen LogP contribution >= 0.6 is 0 Å². The van der Waals surface area contributed by atoms with Gasteiger partial charge in [-0.1, -0.05) is 30.3 Å². The third kappa shape index (κ3) is 4.10. The van der Waals surface area contributed by atoms with Crippen LogP contribution in [0.15, 0.2) is 35.3 Å². The molecule has 0 saturated carbocycles. The summed E-state index contributed by atoms with van der Waals surface area (Å²) >= 11 is 0. The number of nitrogens with zero attached hydrogens (tertiary/aromatic N) is 1. The number of aliphatic hydroxyl groups is 1. The number of ether oxygens (including phenoxy) is 1. The number of carboxylic acids is 1. The van der Waals surface area contributed by atoms with E-state index in [1.165, 1.54) is 0 Å². The van der Waals surface area contributed by atoms with Crippen LogP contribution in [0.4, 0.5) is 0 Å². The van der Waals surface area contributed by atoms with Gasteiger partial charge in [0, 0.05) is 6.42 Å². The Kier molecular flexibility index (Phi) is 5.20. The predicted molar refractivity (Wildman–Crippen MR) is 61.4 cm³/mol. The standard InChI is InChI=1S/C12H13NO5/c14-9-13-12(17,11(15)16)6-7-18-8-10-4-2-1-3-5-10/h1-5,17H,6-8H2,(H,15,16). The maximum absolute atomic E-state index is 10.7. The number of aliphatic imine (C=N–C) groups is 1. The summed E-state index contributed by atoms with van der Waals surface area (Å²) in [5.41, 5.74) is -1.53. The Morgan fingerprint density at radius 2 is 2.06 bits per heavy atom. The number of isocyanates is 1. The molecule has 6 heteroatoms. The van der Waals surface area contributed by atoms with Crippen LogP contribution in [0.25, 0.3) is 0 Å². The quantitative estimate of drug-likeness (QED) is 0.422. The topological polar surface area (TPSA) is 96.2 Å². The second-order valence-electron chi connectivity index (χ2n) is 3.61. The predicted octanol–water partition coefficient (Wildman–Crippen LogP) is 0.702. The number of carbonyl (C=O) groups is 1. The second-order valence-corrected chi connectivity index (χ2v) is 3.61. The average molecular weight is 251 g/mol. The van der Waals surface area contributed by atoms with Crippen molar-refractivity contribution in [3.8, 4) is 0 Å². The van der Waals surface area contributed by atoms with Crippen molar-refractivity contribution in [1.82, 2.24) is 0 Å². The van der Waals surface area contributed by atoms with Crippen molar-refractivity contribution in [2.75, 3.05) is 6.61 Å². The van der Waals surface area contributed by atoms with Gasteiger partial charge in [-0.15, -0.1) is 0 Å². The normalized spacial score (nSPS) is 13.4. The van der Waals surface area contributed by atoms with Crippen molar-refractivity contribution >= 4 is 12.0 Å². The largest absolute Gasteiger partial charge is 0.478 e. The Labute approximate surface area is 104 Å². The van der Waals surface area contributed by atoms with Gasteiger partial charge >= 0.3 is 5.97 Å². The van der Waals surface area contributed by atoms with Crippen molar-refractivity contribution in [3.63, 3.8) is 0 Å². The third-order valence-corrected chi connectivity index (χ3v) is 2.28. The summed E-state index contributed by atoms with van der Waals surface area (Å²) in [4.78, 5) is 23.6.